The summed E-state index contributed by atoms with van der Waals surface area (Å²) < 4.78 is 38.9. The van der Waals surface area contributed by atoms with Gasteiger partial charge in [0.1, 0.15) is 11.6 Å². The fraction of sp³-hybridized carbons (Fsp3) is 0.231. The lowest BCUT2D eigenvalue weighted by atomic mass is 10.0. The van der Waals surface area contributed by atoms with Crippen molar-refractivity contribution in [3.63, 3.8) is 0 Å². The van der Waals surface area contributed by atoms with Crippen LogP contribution in [-0.2, 0) is 4.79 Å². The molecular formula is C26H24BrF3N2O3. The fourth-order valence-corrected chi connectivity index (χ4v) is 4.18. The Morgan fingerprint density at radius 3 is 2.17 bits per heavy atom. The van der Waals surface area contributed by atoms with Gasteiger partial charge in [0.2, 0.25) is 0 Å². The van der Waals surface area contributed by atoms with Crippen molar-refractivity contribution in [2.24, 2.45) is 5.73 Å². The van der Waals surface area contributed by atoms with Crippen LogP contribution in [-0.4, -0.2) is 29.2 Å². The molecule has 35 heavy (non-hydrogen) atoms. The van der Waals surface area contributed by atoms with Gasteiger partial charge in [-0.2, -0.15) is 13.2 Å². The smallest absolute Gasteiger partial charge is 0.490 e. The number of rotatable bonds is 5. The van der Waals surface area contributed by atoms with Gasteiger partial charge in [0.05, 0.1) is 6.10 Å². The van der Waals surface area contributed by atoms with Crippen LogP contribution in [0.15, 0.2) is 60.7 Å². The minimum Gasteiger partial charge on any atom is -0.490 e. The average Bonchev–Trinajstić information content (AvgIpc) is 3.31. The van der Waals surface area contributed by atoms with Crippen molar-refractivity contribution in [3.05, 3.63) is 77.4 Å². The quantitative estimate of drug-likeness (QED) is 0.182. The Kier molecular flexibility index (Phi) is 8.56. The Morgan fingerprint density at radius 2 is 1.60 bits per heavy atom. The molecule has 0 spiro atoms. The number of carboxylic acid groups (broad SMARTS) is 1. The Balaban J connectivity index is 0.000000429. The first kappa shape index (κ1) is 26.3. The molecule has 0 bridgehead atoms. The van der Waals surface area contributed by atoms with Crippen LogP contribution in [0.5, 0.6) is 5.75 Å². The SMILES string of the molecule is N=C(N)c1ccc2cc(/C(Br)=C/c3cccc(OC4CCCC4)c3)ccc2c1.O=C(O)C(F)(F)F. The summed E-state index contributed by atoms with van der Waals surface area (Å²) in [6.45, 7) is 0. The summed E-state index contributed by atoms with van der Waals surface area (Å²) >= 11 is 3.73. The Bertz CT molecular complexity index is 1250. The maximum absolute atomic E-state index is 10.6. The second kappa shape index (κ2) is 11.4. The van der Waals surface area contributed by atoms with E-state index in [1.807, 2.05) is 30.3 Å². The largest absolute Gasteiger partial charge is 0.490 e. The number of alkyl halides is 3. The molecule has 9 heteroatoms. The summed E-state index contributed by atoms with van der Waals surface area (Å²) in [5.74, 6) is -1.73. The van der Waals surface area contributed by atoms with E-state index in [-0.39, 0.29) is 5.84 Å². The highest BCUT2D eigenvalue weighted by atomic mass is 79.9. The van der Waals surface area contributed by atoms with Gasteiger partial charge in [-0.25, -0.2) is 4.79 Å². The number of nitrogens with one attached hydrogen (secondary N) is 1. The van der Waals surface area contributed by atoms with E-state index >= 15 is 0 Å². The third kappa shape index (κ3) is 7.58. The third-order valence-electron chi connectivity index (χ3n) is 5.43. The first-order valence-electron chi connectivity index (χ1n) is 10.9. The molecule has 0 saturated heterocycles. The zero-order valence-electron chi connectivity index (χ0n) is 18.6. The van der Waals surface area contributed by atoms with Crippen LogP contribution in [0.3, 0.4) is 0 Å². The highest BCUT2D eigenvalue weighted by molar-refractivity contribution is 9.15. The summed E-state index contributed by atoms with van der Waals surface area (Å²) in [4.78, 5) is 8.90. The molecule has 184 valence electrons. The van der Waals surface area contributed by atoms with Gasteiger partial charge in [0, 0.05) is 10.0 Å². The molecule has 0 radical (unpaired) electrons. The lowest BCUT2D eigenvalue weighted by Gasteiger charge is -2.13. The summed E-state index contributed by atoms with van der Waals surface area (Å²) in [6, 6.07) is 20.4. The van der Waals surface area contributed by atoms with Crippen molar-refractivity contribution >= 4 is 49.1 Å². The van der Waals surface area contributed by atoms with E-state index in [2.05, 4.69) is 52.3 Å². The number of fused-ring (bicyclic) bond motifs is 1. The number of nitrogen functional groups attached to an aromatic ring is 1. The third-order valence-corrected chi connectivity index (χ3v) is 6.11. The van der Waals surface area contributed by atoms with E-state index in [0.29, 0.717) is 6.10 Å². The molecular weight excluding hydrogens is 525 g/mol. The number of carbonyl (C=O) groups is 1. The molecule has 0 heterocycles. The highest BCUT2D eigenvalue weighted by Gasteiger charge is 2.38. The number of aliphatic carboxylic acids is 1. The first-order chi connectivity index (χ1) is 16.5. The Morgan fingerprint density at radius 1 is 1.03 bits per heavy atom. The van der Waals surface area contributed by atoms with Crippen molar-refractivity contribution < 1.29 is 27.8 Å². The molecule has 1 aliphatic carbocycles. The van der Waals surface area contributed by atoms with Gasteiger partial charge >= 0.3 is 12.1 Å². The number of halogens is 4. The number of hydrogen-bond acceptors (Lipinski definition) is 3. The number of carboxylic acids is 1. The van der Waals surface area contributed by atoms with Gasteiger partial charge in [0.15, 0.2) is 0 Å². The summed E-state index contributed by atoms with van der Waals surface area (Å²) in [5, 5.41) is 16.9. The number of ether oxygens (including phenoxy) is 1. The van der Waals surface area contributed by atoms with Crippen LogP contribution in [0, 0.1) is 5.41 Å². The van der Waals surface area contributed by atoms with E-state index in [0.717, 1.165) is 50.5 Å². The molecule has 0 aliphatic heterocycles. The minimum atomic E-state index is -5.08. The van der Waals surface area contributed by atoms with Crippen molar-refractivity contribution in [3.8, 4) is 5.75 Å². The van der Waals surface area contributed by atoms with Gasteiger partial charge in [-0.3, -0.25) is 5.41 Å². The maximum atomic E-state index is 10.6. The lowest BCUT2D eigenvalue weighted by Crippen LogP contribution is -2.21. The molecule has 0 amide bonds. The molecule has 1 fully saturated rings. The Hall–Kier alpha value is -3.33. The second-order valence-electron chi connectivity index (χ2n) is 8.08. The van der Waals surface area contributed by atoms with Crippen LogP contribution in [0.2, 0.25) is 0 Å². The minimum absolute atomic E-state index is 0.0896. The molecule has 5 nitrogen and oxygen atoms in total. The zero-order chi connectivity index (χ0) is 25.6. The van der Waals surface area contributed by atoms with Crippen LogP contribution >= 0.6 is 15.9 Å². The topological polar surface area (TPSA) is 96.4 Å². The van der Waals surface area contributed by atoms with Crippen LogP contribution in [0.1, 0.15) is 42.4 Å². The maximum Gasteiger partial charge on any atom is 0.490 e. The van der Waals surface area contributed by atoms with E-state index in [9.17, 15) is 13.2 Å². The van der Waals surface area contributed by atoms with Crippen molar-refractivity contribution in [2.75, 3.05) is 0 Å². The average molecular weight is 549 g/mol. The van der Waals surface area contributed by atoms with E-state index in [4.69, 9.17) is 25.8 Å². The van der Waals surface area contributed by atoms with E-state index < -0.39 is 12.1 Å². The predicted octanol–water partition coefficient (Wildman–Crippen LogP) is 6.97. The Labute approximate surface area is 209 Å². The molecule has 1 aliphatic rings. The zero-order valence-corrected chi connectivity index (χ0v) is 20.2. The lowest BCUT2D eigenvalue weighted by molar-refractivity contribution is -0.192. The predicted molar refractivity (Wildman–Crippen MR) is 135 cm³/mol. The first-order valence-corrected chi connectivity index (χ1v) is 11.6. The molecule has 4 rings (SSSR count). The van der Waals surface area contributed by atoms with Crippen LogP contribution in [0.25, 0.3) is 21.3 Å². The second-order valence-corrected chi connectivity index (χ2v) is 8.94. The van der Waals surface area contributed by atoms with Crippen LogP contribution in [0.4, 0.5) is 13.2 Å². The van der Waals surface area contributed by atoms with Gasteiger partial charge in [-0.05, 0) is 77.9 Å². The van der Waals surface area contributed by atoms with Crippen molar-refractivity contribution in [1.29, 1.82) is 5.41 Å². The number of amidine groups is 1. The van der Waals surface area contributed by atoms with Gasteiger partial charge in [-0.15, -0.1) is 0 Å². The van der Waals surface area contributed by atoms with Gasteiger partial charge in [-0.1, -0.05) is 52.3 Å². The normalized spacial score (nSPS) is 14.3. The molecule has 0 unspecified atom stereocenters. The standard InChI is InChI=1S/C24H23BrN2O.C2HF3O2/c25-23(13-16-4-3-7-22(12-16)28-21-5-1-2-6-21)19-10-8-18-15-20(24(26)27)11-9-17(18)14-19;3-2(4,5)1(6)7/h3-4,7-15,21H,1-2,5-6H2,(H3,26,27);(H,6,7)/b23-13-;. The number of hydrogen-bond donors (Lipinski definition) is 3. The summed E-state index contributed by atoms with van der Waals surface area (Å²) in [5.41, 5.74) is 8.54. The molecule has 0 aromatic heterocycles. The van der Waals surface area contributed by atoms with E-state index in [1.165, 1.54) is 12.8 Å². The van der Waals surface area contributed by atoms with Gasteiger partial charge < -0.3 is 15.6 Å². The summed E-state index contributed by atoms with van der Waals surface area (Å²) in [7, 11) is 0. The monoisotopic (exact) mass is 548 g/mol. The van der Waals surface area contributed by atoms with Crippen molar-refractivity contribution in [1.82, 2.24) is 0 Å². The molecule has 3 aromatic carbocycles. The van der Waals surface area contributed by atoms with E-state index in [1.54, 1.807) is 0 Å². The summed E-state index contributed by atoms with van der Waals surface area (Å²) in [6.07, 6.45) is 2.26. The highest BCUT2D eigenvalue weighted by Crippen LogP contribution is 2.30. The fourth-order valence-electron chi connectivity index (χ4n) is 3.67. The van der Waals surface area contributed by atoms with Crippen LogP contribution < -0.4 is 10.5 Å². The number of benzene rings is 3. The molecule has 4 N–H and O–H groups in total. The molecule has 1 saturated carbocycles. The van der Waals surface area contributed by atoms with Gasteiger partial charge in [0.25, 0.3) is 0 Å². The van der Waals surface area contributed by atoms with Crippen molar-refractivity contribution in [2.45, 2.75) is 38.0 Å². The number of nitrogens with two attached hydrogens (primary N) is 1. The molecule has 0 atom stereocenters. The molecule has 3 aromatic rings.